The van der Waals surface area contributed by atoms with Crippen molar-refractivity contribution in [3.63, 3.8) is 0 Å². The third-order valence-corrected chi connectivity index (χ3v) is 3.18. The van der Waals surface area contributed by atoms with E-state index in [0.29, 0.717) is 16.6 Å². The summed E-state index contributed by atoms with van der Waals surface area (Å²) in [6, 6.07) is 9.28. The number of benzene rings is 1. The van der Waals surface area contributed by atoms with Crippen molar-refractivity contribution in [1.82, 2.24) is 9.97 Å². The van der Waals surface area contributed by atoms with E-state index >= 15 is 0 Å². The first-order valence-corrected chi connectivity index (χ1v) is 6.49. The van der Waals surface area contributed by atoms with Gasteiger partial charge in [-0.3, -0.25) is 0 Å². The normalized spacial score (nSPS) is 11.1. The lowest BCUT2D eigenvalue weighted by Gasteiger charge is -1.98. The Morgan fingerprint density at radius 3 is 2.78 bits per heavy atom. The minimum atomic E-state index is 0.690. The van der Waals surface area contributed by atoms with E-state index in [0.717, 1.165) is 21.3 Å². The van der Waals surface area contributed by atoms with Crippen molar-refractivity contribution in [1.29, 1.82) is 0 Å². The van der Waals surface area contributed by atoms with Gasteiger partial charge >= 0.3 is 0 Å². The summed E-state index contributed by atoms with van der Waals surface area (Å²) in [4.78, 5) is 8.52. The number of fused-ring (bicyclic) bond motifs is 1. The minimum absolute atomic E-state index is 0.690. The number of aryl methyl sites for hydroxylation is 1. The molecule has 0 aliphatic heterocycles. The second-order valence-corrected chi connectivity index (χ2v) is 5.16. The van der Waals surface area contributed by atoms with Crippen LogP contribution in [0.1, 0.15) is 5.82 Å². The molecule has 0 N–H and O–H groups in total. The van der Waals surface area contributed by atoms with Crippen molar-refractivity contribution in [3.8, 4) is 11.5 Å². The van der Waals surface area contributed by atoms with Crippen LogP contribution in [0.5, 0.6) is 0 Å². The molecule has 0 aliphatic rings. The standard InChI is InChI=1S/C13H8BrClN2O/c1-7-16-10(6-13(14)17-7)12-5-8-4-9(15)2-3-11(8)18-12/h2-6H,1H3. The number of nitrogens with zero attached hydrogens (tertiary/aromatic N) is 2. The number of halogens is 2. The molecule has 0 spiro atoms. The molecule has 0 atom stereocenters. The van der Waals surface area contributed by atoms with Gasteiger partial charge in [0.2, 0.25) is 0 Å². The molecular formula is C13H8BrClN2O. The van der Waals surface area contributed by atoms with Gasteiger partial charge in [0, 0.05) is 16.5 Å². The van der Waals surface area contributed by atoms with Crippen molar-refractivity contribution in [3.05, 3.63) is 45.8 Å². The summed E-state index contributed by atoms with van der Waals surface area (Å²) in [7, 11) is 0. The third-order valence-electron chi connectivity index (χ3n) is 2.54. The van der Waals surface area contributed by atoms with Crippen molar-refractivity contribution in [2.45, 2.75) is 6.92 Å². The quantitative estimate of drug-likeness (QED) is 0.614. The molecule has 0 saturated carbocycles. The molecule has 2 heterocycles. The average molecular weight is 324 g/mol. The number of rotatable bonds is 1. The van der Waals surface area contributed by atoms with Crippen LogP contribution >= 0.6 is 27.5 Å². The second kappa shape index (κ2) is 4.37. The number of furan rings is 1. The van der Waals surface area contributed by atoms with Gasteiger partial charge in [0.25, 0.3) is 0 Å². The lowest BCUT2D eigenvalue weighted by atomic mass is 10.2. The van der Waals surface area contributed by atoms with Gasteiger partial charge < -0.3 is 4.42 Å². The van der Waals surface area contributed by atoms with Crippen molar-refractivity contribution in [2.24, 2.45) is 0 Å². The Bertz CT molecular complexity index is 719. The fourth-order valence-corrected chi connectivity index (χ4v) is 2.45. The molecule has 0 amide bonds. The molecule has 0 saturated heterocycles. The molecule has 3 nitrogen and oxygen atoms in total. The second-order valence-electron chi connectivity index (χ2n) is 3.92. The highest BCUT2D eigenvalue weighted by Crippen LogP contribution is 2.29. The van der Waals surface area contributed by atoms with E-state index in [-0.39, 0.29) is 0 Å². The van der Waals surface area contributed by atoms with Gasteiger partial charge in [0.05, 0.1) is 0 Å². The predicted octanol–water partition coefficient (Wildman–Crippen LogP) is 4.61. The van der Waals surface area contributed by atoms with Crippen LogP contribution in [0.3, 0.4) is 0 Å². The fraction of sp³-hybridized carbons (Fsp3) is 0.0769. The van der Waals surface area contributed by atoms with E-state index in [4.69, 9.17) is 16.0 Å². The highest BCUT2D eigenvalue weighted by molar-refractivity contribution is 9.10. The van der Waals surface area contributed by atoms with Crippen LogP contribution in [-0.2, 0) is 0 Å². The monoisotopic (exact) mass is 322 g/mol. The van der Waals surface area contributed by atoms with E-state index in [1.807, 2.05) is 31.2 Å². The molecule has 0 unspecified atom stereocenters. The summed E-state index contributed by atoms with van der Waals surface area (Å²) in [5.41, 5.74) is 1.54. The van der Waals surface area contributed by atoms with Crippen LogP contribution in [0.25, 0.3) is 22.4 Å². The lowest BCUT2D eigenvalue weighted by Crippen LogP contribution is -1.90. The Morgan fingerprint density at radius 2 is 2.00 bits per heavy atom. The van der Waals surface area contributed by atoms with Gasteiger partial charge in [-0.15, -0.1) is 0 Å². The molecule has 3 aromatic rings. The Kier molecular flexibility index (Phi) is 2.84. The van der Waals surface area contributed by atoms with Crippen LogP contribution in [0, 0.1) is 6.92 Å². The van der Waals surface area contributed by atoms with Crippen LogP contribution in [-0.4, -0.2) is 9.97 Å². The van der Waals surface area contributed by atoms with Gasteiger partial charge in [-0.25, -0.2) is 9.97 Å². The van der Waals surface area contributed by atoms with Crippen LogP contribution in [0.15, 0.2) is 39.4 Å². The molecule has 3 rings (SSSR count). The molecule has 18 heavy (non-hydrogen) atoms. The smallest absolute Gasteiger partial charge is 0.153 e. The average Bonchev–Trinajstić information content (AvgIpc) is 2.70. The molecule has 0 radical (unpaired) electrons. The molecule has 0 bridgehead atoms. The largest absolute Gasteiger partial charge is 0.454 e. The first-order valence-electron chi connectivity index (χ1n) is 5.32. The third kappa shape index (κ3) is 2.13. The SMILES string of the molecule is Cc1nc(Br)cc(-c2cc3cc(Cl)ccc3o2)n1. The Balaban J connectivity index is 2.19. The maximum absolute atomic E-state index is 5.95. The van der Waals surface area contributed by atoms with E-state index in [1.54, 1.807) is 6.07 Å². The number of hydrogen-bond acceptors (Lipinski definition) is 3. The Labute approximate surface area is 117 Å². The van der Waals surface area contributed by atoms with Crippen molar-refractivity contribution >= 4 is 38.5 Å². The summed E-state index contributed by atoms with van der Waals surface area (Å²) in [5.74, 6) is 1.40. The predicted molar refractivity (Wildman–Crippen MR) is 74.7 cm³/mol. The fourth-order valence-electron chi connectivity index (χ4n) is 1.80. The number of aromatic nitrogens is 2. The van der Waals surface area contributed by atoms with Crippen molar-refractivity contribution in [2.75, 3.05) is 0 Å². The van der Waals surface area contributed by atoms with Gasteiger partial charge in [-0.05, 0) is 47.1 Å². The molecule has 90 valence electrons. The summed E-state index contributed by atoms with van der Waals surface area (Å²) < 4.78 is 6.49. The Hall–Kier alpha value is -1.39. The summed E-state index contributed by atoms with van der Waals surface area (Å²) in [6.45, 7) is 1.84. The van der Waals surface area contributed by atoms with Gasteiger partial charge in [-0.2, -0.15) is 0 Å². The van der Waals surface area contributed by atoms with E-state index < -0.39 is 0 Å². The zero-order valence-corrected chi connectivity index (χ0v) is 11.8. The van der Waals surface area contributed by atoms with Crippen molar-refractivity contribution < 1.29 is 4.42 Å². The van der Waals surface area contributed by atoms with E-state index in [1.165, 1.54) is 0 Å². The minimum Gasteiger partial charge on any atom is -0.454 e. The van der Waals surface area contributed by atoms with Gasteiger partial charge in [0.15, 0.2) is 5.76 Å². The summed E-state index contributed by atoms with van der Waals surface area (Å²) in [6.07, 6.45) is 0. The molecular weight excluding hydrogens is 316 g/mol. The van der Waals surface area contributed by atoms with Crippen LogP contribution in [0.2, 0.25) is 5.02 Å². The van der Waals surface area contributed by atoms with Crippen LogP contribution < -0.4 is 0 Å². The van der Waals surface area contributed by atoms with E-state index in [2.05, 4.69) is 25.9 Å². The highest BCUT2D eigenvalue weighted by Gasteiger charge is 2.09. The first kappa shape index (κ1) is 11.7. The molecule has 0 fully saturated rings. The Morgan fingerprint density at radius 1 is 1.17 bits per heavy atom. The van der Waals surface area contributed by atoms with Gasteiger partial charge in [-0.1, -0.05) is 11.6 Å². The number of hydrogen-bond donors (Lipinski definition) is 0. The maximum atomic E-state index is 5.95. The summed E-state index contributed by atoms with van der Waals surface area (Å²) in [5, 5.41) is 1.65. The maximum Gasteiger partial charge on any atom is 0.153 e. The summed E-state index contributed by atoms with van der Waals surface area (Å²) >= 11 is 9.30. The molecule has 5 heteroatoms. The van der Waals surface area contributed by atoms with E-state index in [9.17, 15) is 0 Å². The first-order chi connectivity index (χ1) is 8.61. The molecule has 0 aliphatic carbocycles. The topological polar surface area (TPSA) is 38.9 Å². The molecule has 1 aromatic carbocycles. The van der Waals surface area contributed by atoms with Gasteiger partial charge in [0.1, 0.15) is 21.7 Å². The zero-order chi connectivity index (χ0) is 12.7. The lowest BCUT2D eigenvalue weighted by molar-refractivity contribution is 0.628. The highest BCUT2D eigenvalue weighted by atomic mass is 79.9. The zero-order valence-electron chi connectivity index (χ0n) is 9.45. The molecule has 2 aromatic heterocycles. The van der Waals surface area contributed by atoms with Crippen LogP contribution in [0.4, 0.5) is 0 Å².